The lowest BCUT2D eigenvalue weighted by molar-refractivity contribution is -0.384. The molecule has 0 saturated heterocycles. The largest absolute Gasteiger partial charge is 0.497 e. The summed E-state index contributed by atoms with van der Waals surface area (Å²) in [6.07, 6.45) is 2.81. The van der Waals surface area contributed by atoms with Gasteiger partial charge in [0.2, 0.25) is 0 Å². The number of methoxy groups -OCH3 is 2. The van der Waals surface area contributed by atoms with Gasteiger partial charge in [0.25, 0.3) is 11.2 Å². The number of aromatic nitrogens is 1. The van der Waals surface area contributed by atoms with Crippen molar-refractivity contribution in [3.8, 4) is 22.8 Å². The zero-order valence-electron chi connectivity index (χ0n) is 24.9. The van der Waals surface area contributed by atoms with Gasteiger partial charge in [-0.2, -0.15) is 0 Å². The highest BCUT2D eigenvalue weighted by Crippen LogP contribution is 2.39. The normalized spacial score (nSPS) is 14.7. The van der Waals surface area contributed by atoms with E-state index < -0.39 is 16.9 Å². The number of carbonyl (C=O) groups excluding carboxylic acids is 1. The van der Waals surface area contributed by atoms with Crippen LogP contribution in [0.25, 0.3) is 17.4 Å². The van der Waals surface area contributed by atoms with E-state index in [1.165, 1.54) is 42.3 Å². The third-order valence-electron chi connectivity index (χ3n) is 7.22. The van der Waals surface area contributed by atoms with Gasteiger partial charge in [0.05, 0.1) is 41.6 Å². The molecule has 0 aliphatic carbocycles. The van der Waals surface area contributed by atoms with E-state index in [2.05, 4.69) is 0 Å². The lowest BCUT2D eigenvalue weighted by Gasteiger charge is -2.27. The van der Waals surface area contributed by atoms with Gasteiger partial charge in [-0.25, -0.2) is 9.79 Å². The van der Waals surface area contributed by atoms with E-state index in [0.717, 1.165) is 5.56 Å². The van der Waals surface area contributed by atoms with Crippen LogP contribution in [0.4, 0.5) is 5.69 Å². The molecule has 0 fully saturated rings. The van der Waals surface area contributed by atoms with Crippen molar-refractivity contribution in [2.45, 2.75) is 39.7 Å². The first kappa shape index (κ1) is 30.5. The summed E-state index contributed by atoms with van der Waals surface area (Å²) >= 11 is 1.17. The fourth-order valence-corrected chi connectivity index (χ4v) is 6.16. The highest BCUT2D eigenvalue weighted by atomic mass is 32.1. The van der Waals surface area contributed by atoms with E-state index in [9.17, 15) is 19.7 Å². The smallest absolute Gasteiger partial charge is 0.338 e. The number of nitro benzene ring substituents is 1. The maximum Gasteiger partial charge on any atom is 0.338 e. The van der Waals surface area contributed by atoms with Crippen molar-refractivity contribution in [3.05, 3.63) is 106 Å². The van der Waals surface area contributed by atoms with Gasteiger partial charge in [-0.1, -0.05) is 30.7 Å². The minimum atomic E-state index is -0.890. The number of fused-ring (bicyclic) bond motifs is 1. The quantitative estimate of drug-likeness (QED) is 0.137. The average Bonchev–Trinajstić information content (AvgIpc) is 3.60. The van der Waals surface area contributed by atoms with E-state index >= 15 is 0 Å². The lowest BCUT2D eigenvalue weighted by atomic mass is 9.93. The monoisotopic (exact) mass is 617 g/mol. The fourth-order valence-electron chi connectivity index (χ4n) is 5.16. The highest BCUT2D eigenvalue weighted by Gasteiger charge is 2.36. The summed E-state index contributed by atoms with van der Waals surface area (Å²) in [5.41, 5.74) is 2.30. The Bertz CT molecular complexity index is 1970. The zero-order chi connectivity index (χ0) is 31.5. The molecule has 44 heavy (non-hydrogen) atoms. The van der Waals surface area contributed by atoms with Gasteiger partial charge < -0.3 is 18.6 Å². The molecule has 0 unspecified atom stereocenters. The topological polar surface area (TPSA) is 135 Å². The Morgan fingerprint density at radius 1 is 1.14 bits per heavy atom. The molecule has 3 heterocycles. The number of ether oxygens (including phenoxy) is 3. The van der Waals surface area contributed by atoms with Crippen molar-refractivity contribution in [1.82, 2.24) is 4.57 Å². The molecule has 0 spiro atoms. The molecule has 11 nitrogen and oxygen atoms in total. The summed E-state index contributed by atoms with van der Waals surface area (Å²) < 4.78 is 24.5. The predicted molar refractivity (Wildman–Crippen MR) is 165 cm³/mol. The summed E-state index contributed by atoms with van der Waals surface area (Å²) in [5.74, 6) is 1.24. The van der Waals surface area contributed by atoms with Gasteiger partial charge >= 0.3 is 5.97 Å². The molecule has 12 heteroatoms. The summed E-state index contributed by atoms with van der Waals surface area (Å²) in [5, 5.41) is 11.3. The summed E-state index contributed by atoms with van der Waals surface area (Å²) in [6.45, 7) is 5.70. The SMILES string of the molecule is CCCC1=C(C(=O)OCC)[C@@H](c2cc(OC)ccc2OC)n2c(s/c(=C\c3ccc(-c4cc([N+](=O)[O-])ccc4C)o3)c2=O)=N1. The first-order valence-corrected chi connectivity index (χ1v) is 14.8. The molecular formula is C32H31N3O8S. The van der Waals surface area contributed by atoms with Gasteiger partial charge in [-0.05, 0) is 56.2 Å². The Hall–Kier alpha value is -4.97. The van der Waals surface area contributed by atoms with Crippen molar-refractivity contribution in [3.63, 3.8) is 0 Å². The second-order valence-electron chi connectivity index (χ2n) is 9.98. The number of esters is 1. The van der Waals surface area contributed by atoms with Crippen LogP contribution in [0, 0.1) is 17.0 Å². The first-order valence-electron chi connectivity index (χ1n) is 14.0. The molecule has 1 aliphatic heterocycles. The van der Waals surface area contributed by atoms with Crippen molar-refractivity contribution < 1.29 is 28.3 Å². The number of hydrogen-bond acceptors (Lipinski definition) is 10. The molecule has 2 aromatic heterocycles. The van der Waals surface area contributed by atoms with Gasteiger partial charge in [0.15, 0.2) is 4.80 Å². The second-order valence-corrected chi connectivity index (χ2v) is 11.0. The van der Waals surface area contributed by atoms with Crippen LogP contribution in [0.15, 0.2) is 74.0 Å². The van der Waals surface area contributed by atoms with E-state index in [0.29, 0.717) is 62.0 Å². The summed E-state index contributed by atoms with van der Waals surface area (Å²) in [7, 11) is 3.06. The molecule has 0 saturated carbocycles. The Labute approximate surface area is 256 Å². The zero-order valence-corrected chi connectivity index (χ0v) is 25.7. The van der Waals surface area contributed by atoms with Crippen LogP contribution in [-0.2, 0) is 9.53 Å². The lowest BCUT2D eigenvalue weighted by Crippen LogP contribution is -2.40. The minimum absolute atomic E-state index is 0.0508. The number of allylic oxidation sites excluding steroid dienone is 1. The van der Waals surface area contributed by atoms with Crippen LogP contribution < -0.4 is 24.4 Å². The summed E-state index contributed by atoms with van der Waals surface area (Å²) in [4.78, 5) is 43.7. The maximum absolute atomic E-state index is 14.1. The average molecular weight is 618 g/mol. The van der Waals surface area contributed by atoms with Crippen LogP contribution in [0.5, 0.6) is 11.5 Å². The molecule has 0 radical (unpaired) electrons. The molecule has 4 aromatic rings. The highest BCUT2D eigenvalue weighted by molar-refractivity contribution is 7.07. The molecule has 5 rings (SSSR count). The van der Waals surface area contributed by atoms with Gasteiger partial charge in [-0.3, -0.25) is 19.5 Å². The molecule has 0 bridgehead atoms. The van der Waals surface area contributed by atoms with E-state index in [1.807, 2.05) is 13.8 Å². The maximum atomic E-state index is 14.1. The van der Waals surface area contributed by atoms with Crippen LogP contribution in [0.3, 0.4) is 0 Å². The van der Waals surface area contributed by atoms with Gasteiger partial charge in [0, 0.05) is 29.3 Å². The molecule has 228 valence electrons. The van der Waals surface area contributed by atoms with E-state index in [4.69, 9.17) is 23.6 Å². The number of aryl methyl sites for hydroxylation is 1. The number of benzene rings is 2. The van der Waals surface area contributed by atoms with Gasteiger partial charge in [-0.15, -0.1) is 0 Å². The van der Waals surface area contributed by atoms with E-state index in [1.54, 1.807) is 49.4 Å². The van der Waals surface area contributed by atoms with Crippen LogP contribution >= 0.6 is 11.3 Å². The standard InChI is InChI=1S/C32H31N3O8S/c1-6-8-24-28(31(37)42-7-2)29(23-16-20(40-4)11-13-25(23)41-5)34-30(36)27(44-32(34)33-24)17-21-12-14-26(43-21)22-15-19(35(38)39)10-9-18(22)3/h9-17,29H,6-8H2,1-5H3/b27-17-/t29-/m1/s1. The third kappa shape index (κ3) is 5.68. The number of carbonyl (C=O) groups is 1. The Morgan fingerprint density at radius 3 is 2.61 bits per heavy atom. The number of nitro groups is 1. The number of nitrogens with zero attached hydrogens (tertiary/aromatic N) is 3. The van der Waals surface area contributed by atoms with Gasteiger partial charge in [0.1, 0.15) is 29.1 Å². The second kappa shape index (κ2) is 12.7. The van der Waals surface area contributed by atoms with E-state index in [-0.39, 0.29) is 23.4 Å². The van der Waals surface area contributed by atoms with Crippen molar-refractivity contribution in [1.29, 1.82) is 0 Å². The van der Waals surface area contributed by atoms with Crippen LogP contribution in [0.2, 0.25) is 0 Å². The fraction of sp³-hybridized carbons (Fsp3) is 0.281. The number of hydrogen-bond donors (Lipinski definition) is 0. The molecule has 0 N–H and O–H groups in total. The van der Waals surface area contributed by atoms with Crippen LogP contribution in [-0.4, -0.2) is 36.3 Å². The Balaban J connectivity index is 1.71. The molecule has 1 atom stereocenters. The number of rotatable bonds is 10. The number of non-ortho nitro benzene ring substituents is 1. The first-order chi connectivity index (χ1) is 21.2. The summed E-state index contributed by atoms with van der Waals surface area (Å²) in [6, 6.07) is 12.3. The van der Waals surface area contributed by atoms with Crippen molar-refractivity contribution in [2.24, 2.45) is 4.99 Å². The molecule has 0 amide bonds. The molecule has 2 aromatic carbocycles. The Kier molecular flexibility index (Phi) is 8.81. The Morgan fingerprint density at radius 2 is 1.93 bits per heavy atom. The third-order valence-corrected chi connectivity index (χ3v) is 8.20. The number of furan rings is 1. The van der Waals surface area contributed by atoms with Crippen molar-refractivity contribution >= 4 is 29.1 Å². The molecular weight excluding hydrogens is 586 g/mol. The minimum Gasteiger partial charge on any atom is -0.497 e. The van der Waals surface area contributed by atoms with Crippen molar-refractivity contribution in [2.75, 3.05) is 20.8 Å². The molecule has 1 aliphatic rings. The number of thiazole rings is 1. The predicted octanol–water partition coefficient (Wildman–Crippen LogP) is 5.07. The van der Waals surface area contributed by atoms with Crippen LogP contribution in [0.1, 0.15) is 49.6 Å².